The molecular formula is C12H12ClF3N2. The fourth-order valence-corrected chi connectivity index (χ4v) is 2.03. The fraction of sp³-hybridized carbons (Fsp3) is 0.417. The first-order chi connectivity index (χ1) is 8.41. The van der Waals surface area contributed by atoms with Crippen LogP contribution in [0.15, 0.2) is 24.3 Å². The highest BCUT2D eigenvalue weighted by atomic mass is 35.5. The maximum atomic E-state index is 12.5. The minimum absolute atomic E-state index is 0.244. The van der Waals surface area contributed by atoms with Crippen LogP contribution in [0.25, 0.3) is 5.70 Å². The Bertz CT molecular complexity index is 500. The maximum Gasteiger partial charge on any atom is 0.435 e. The zero-order chi connectivity index (χ0) is 13.3. The van der Waals surface area contributed by atoms with Gasteiger partial charge in [-0.3, -0.25) is 0 Å². The Morgan fingerprint density at radius 3 is 2.67 bits per heavy atom. The van der Waals surface area contributed by atoms with E-state index >= 15 is 0 Å². The highest BCUT2D eigenvalue weighted by Gasteiger charge is 2.34. The Hall–Kier alpha value is -1.23. The van der Waals surface area contributed by atoms with Gasteiger partial charge in [-0.05, 0) is 31.4 Å². The topological polar surface area (TPSA) is 17.8 Å². The summed E-state index contributed by atoms with van der Waals surface area (Å²) in [5.41, 5.74) is 0.251. The summed E-state index contributed by atoms with van der Waals surface area (Å²) in [6.07, 6.45) is 1.82. The van der Waals surface area contributed by atoms with Gasteiger partial charge < -0.3 is 0 Å². The normalized spacial score (nSPS) is 20.1. The van der Waals surface area contributed by atoms with Gasteiger partial charge in [-0.2, -0.15) is 18.3 Å². The standard InChI is InChI=1S/C12H12ClF3N2/c1-8-6-11(12(14,15)16)17-18(8)10-4-2-9(7-13)3-5-10/h2,4-6,9H,3,7H2,1H3. The molecule has 1 aromatic heterocycles. The molecule has 0 saturated carbocycles. The molecule has 98 valence electrons. The summed E-state index contributed by atoms with van der Waals surface area (Å²) in [6, 6.07) is 1.04. The molecule has 1 aromatic rings. The number of hydrogen-bond donors (Lipinski definition) is 0. The van der Waals surface area contributed by atoms with Crippen LogP contribution in [0.5, 0.6) is 0 Å². The van der Waals surface area contributed by atoms with E-state index < -0.39 is 11.9 Å². The van der Waals surface area contributed by atoms with E-state index in [4.69, 9.17) is 11.6 Å². The largest absolute Gasteiger partial charge is 0.435 e. The number of aromatic nitrogens is 2. The molecule has 6 heteroatoms. The number of hydrogen-bond acceptors (Lipinski definition) is 1. The molecular weight excluding hydrogens is 265 g/mol. The van der Waals surface area contributed by atoms with Crippen molar-refractivity contribution >= 4 is 17.3 Å². The first-order valence-electron chi connectivity index (χ1n) is 5.50. The second kappa shape index (κ2) is 4.80. The molecule has 0 radical (unpaired) electrons. The van der Waals surface area contributed by atoms with Crippen LogP contribution in [-0.4, -0.2) is 15.7 Å². The zero-order valence-electron chi connectivity index (χ0n) is 9.71. The first-order valence-corrected chi connectivity index (χ1v) is 6.04. The molecule has 2 nitrogen and oxygen atoms in total. The zero-order valence-corrected chi connectivity index (χ0v) is 10.5. The molecule has 0 N–H and O–H groups in total. The van der Waals surface area contributed by atoms with Crippen molar-refractivity contribution in [2.24, 2.45) is 5.92 Å². The number of halogens is 4. The van der Waals surface area contributed by atoms with Gasteiger partial charge in [0.25, 0.3) is 0 Å². The van der Waals surface area contributed by atoms with Gasteiger partial charge in [0.15, 0.2) is 5.69 Å². The van der Waals surface area contributed by atoms with Gasteiger partial charge in [0.2, 0.25) is 0 Å². The lowest BCUT2D eigenvalue weighted by atomic mass is 10.0. The van der Waals surface area contributed by atoms with Crippen LogP contribution in [0.4, 0.5) is 13.2 Å². The first kappa shape index (κ1) is 13.2. The van der Waals surface area contributed by atoms with Gasteiger partial charge in [-0.15, -0.1) is 11.6 Å². The fourth-order valence-electron chi connectivity index (χ4n) is 1.80. The summed E-state index contributed by atoms with van der Waals surface area (Å²) in [4.78, 5) is 0. The molecule has 0 saturated heterocycles. The van der Waals surface area contributed by atoms with Crippen molar-refractivity contribution in [1.29, 1.82) is 0 Å². The highest BCUT2D eigenvalue weighted by molar-refractivity contribution is 6.18. The lowest BCUT2D eigenvalue weighted by Crippen LogP contribution is -2.09. The maximum absolute atomic E-state index is 12.5. The number of aryl methyl sites for hydroxylation is 1. The van der Waals surface area contributed by atoms with Crippen LogP contribution >= 0.6 is 11.6 Å². The van der Waals surface area contributed by atoms with Crippen LogP contribution < -0.4 is 0 Å². The minimum atomic E-state index is -4.41. The van der Waals surface area contributed by atoms with Gasteiger partial charge in [-0.1, -0.05) is 12.2 Å². The quantitative estimate of drug-likeness (QED) is 0.750. The Kier molecular flexibility index (Phi) is 3.52. The van der Waals surface area contributed by atoms with E-state index in [0.717, 1.165) is 12.5 Å². The second-order valence-electron chi connectivity index (χ2n) is 4.22. The number of allylic oxidation sites excluding steroid dienone is 4. The summed E-state index contributed by atoms with van der Waals surface area (Å²) in [5.74, 6) is 0.750. The van der Waals surface area contributed by atoms with Crippen molar-refractivity contribution < 1.29 is 13.2 Å². The molecule has 0 spiro atoms. The van der Waals surface area contributed by atoms with Gasteiger partial charge in [-0.25, -0.2) is 4.68 Å². The summed E-state index contributed by atoms with van der Waals surface area (Å²) < 4.78 is 38.9. The van der Waals surface area contributed by atoms with Crippen molar-refractivity contribution in [2.75, 3.05) is 5.88 Å². The molecule has 0 aromatic carbocycles. The summed E-state index contributed by atoms with van der Waals surface area (Å²) in [5, 5.41) is 3.59. The molecule has 1 aliphatic rings. The van der Waals surface area contributed by atoms with Crippen LogP contribution in [0.2, 0.25) is 0 Å². The van der Waals surface area contributed by atoms with Crippen molar-refractivity contribution in [1.82, 2.24) is 9.78 Å². The Labute approximate surface area is 108 Å². The van der Waals surface area contributed by atoms with Gasteiger partial charge in [0.1, 0.15) is 0 Å². The predicted molar refractivity (Wildman–Crippen MR) is 64.2 cm³/mol. The number of rotatable bonds is 2. The van der Waals surface area contributed by atoms with Crippen molar-refractivity contribution in [3.63, 3.8) is 0 Å². The van der Waals surface area contributed by atoms with Gasteiger partial charge in [0, 0.05) is 11.6 Å². The van der Waals surface area contributed by atoms with Crippen molar-refractivity contribution in [3.8, 4) is 0 Å². The average molecular weight is 277 g/mol. The highest BCUT2D eigenvalue weighted by Crippen LogP contribution is 2.30. The third kappa shape index (κ3) is 2.61. The van der Waals surface area contributed by atoms with E-state index in [2.05, 4.69) is 5.10 Å². The molecule has 0 amide bonds. The predicted octanol–water partition coefficient (Wildman–Crippen LogP) is 3.87. The molecule has 1 heterocycles. The van der Waals surface area contributed by atoms with Gasteiger partial charge >= 0.3 is 6.18 Å². The summed E-state index contributed by atoms with van der Waals surface area (Å²) in [6.45, 7) is 1.60. The van der Waals surface area contributed by atoms with Crippen LogP contribution in [-0.2, 0) is 6.18 Å². The van der Waals surface area contributed by atoms with Crippen LogP contribution in [0, 0.1) is 12.8 Å². The second-order valence-corrected chi connectivity index (χ2v) is 4.53. The van der Waals surface area contributed by atoms with E-state index in [1.54, 1.807) is 13.0 Å². The van der Waals surface area contributed by atoms with E-state index in [1.165, 1.54) is 4.68 Å². The van der Waals surface area contributed by atoms with Crippen LogP contribution in [0.1, 0.15) is 17.8 Å². The van der Waals surface area contributed by atoms with Crippen LogP contribution in [0.3, 0.4) is 0 Å². The molecule has 1 unspecified atom stereocenters. The molecule has 1 atom stereocenters. The lowest BCUT2D eigenvalue weighted by molar-refractivity contribution is -0.141. The average Bonchev–Trinajstić information content (AvgIpc) is 2.71. The molecule has 0 bridgehead atoms. The molecule has 18 heavy (non-hydrogen) atoms. The smallest absolute Gasteiger partial charge is 0.238 e. The summed E-state index contributed by atoms with van der Waals surface area (Å²) >= 11 is 5.72. The third-order valence-electron chi connectivity index (χ3n) is 2.79. The Morgan fingerprint density at radius 2 is 2.22 bits per heavy atom. The number of alkyl halides is 4. The lowest BCUT2D eigenvalue weighted by Gasteiger charge is -2.14. The van der Waals surface area contributed by atoms with E-state index in [-0.39, 0.29) is 5.92 Å². The van der Waals surface area contributed by atoms with Crippen molar-refractivity contribution in [3.05, 3.63) is 35.7 Å². The van der Waals surface area contributed by atoms with E-state index in [1.807, 2.05) is 12.2 Å². The number of nitrogens with zero attached hydrogens (tertiary/aromatic N) is 2. The van der Waals surface area contributed by atoms with Gasteiger partial charge in [0.05, 0.1) is 5.70 Å². The molecule has 0 fully saturated rings. The van der Waals surface area contributed by atoms with E-state index in [0.29, 0.717) is 17.3 Å². The van der Waals surface area contributed by atoms with E-state index in [9.17, 15) is 13.2 Å². The Balaban J connectivity index is 2.28. The SMILES string of the molecule is Cc1cc(C(F)(F)F)nn1C1=CCC(CCl)C=C1. The molecule has 2 rings (SSSR count). The Morgan fingerprint density at radius 1 is 1.50 bits per heavy atom. The van der Waals surface area contributed by atoms with Crippen molar-refractivity contribution in [2.45, 2.75) is 19.5 Å². The molecule has 0 aliphatic heterocycles. The monoisotopic (exact) mass is 276 g/mol. The minimum Gasteiger partial charge on any atom is -0.238 e. The molecule has 1 aliphatic carbocycles. The third-order valence-corrected chi connectivity index (χ3v) is 3.19. The summed E-state index contributed by atoms with van der Waals surface area (Å²) in [7, 11) is 0.